The van der Waals surface area contributed by atoms with Gasteiger partial charge in [-0.2, -0.15) is 0 Å². The first-order valence-electron chi connectivity index (χ1n) is 20.1. The van der Waals surface area contributed by atoms with Crippen LogP contribution < -0.4 is 16.0 Å². The monoisotopic (exact) mass is 683 g/mol. The van der Waals surface area contributed by atoms with E-state index in [2.05, 4.69) is 130 Å². The summed E-state index contributed by atoms with van der Waals surface area (Å²) in [7, 11) is 0. The van der Waals surface area contributed by atoms with Gasteiger partial charge in [-0.1, -0.05) is 146 Å². The van der Waals surface area contributed by atoms with E-state index >= 15 is 0 Å². The lowest BCUT2D eigenvalue weighted by Crippen LogP contribution is -2.42. The fourth-order valence-electron chi connectivity index (χ4n) is 6.71. The molecule has 1 saturated carbocycles. The van der Waals surface area contributed by atoms with Crippen LogP contribution in [0.3, 0.4) is 0 Å². The van der Waals surface area contributed by atoms with Crippen molar-refractivity contribution in [3.63, 3.8) is 0 Å². The molecule has 2 rings (SSSR count). The minimum atomic E-state index is 0.210. The molecule has 1 heterocycles. The molecule has 3 N–H and O–H groups in total. The summed E-state index contributed by atoms with van der Waals surface area (Å²) in [5.74, 6) is 5.11. The first-order chi connectivity index (χ1) is 23.1. The highest BCUT2D eigenvalue weighted by atomic mass is 15.2. The molecule has 2 aliphatic rings. The second-order valence-electron chi connectivity index (χ2n) is 15.2. The minimum Gasteiger partial charge on any atom is -0.380 e. The summed E-state index contributed by atoms with van der Waals surface area (Å²) in [6.45, 7) is 54.1. The van der Waals surface area contributed by atoms with Gasteiger partial charge in [-0.05, 0) is 93.2 Å². The summed E-state index contributed by atoms with van der Waals surface area (Å²) in [4.78, 5) is 2.37. The van der Waals surface area contributed by atoms with Gasteiger partial charge in [0.2, 0.25) is 0 Å². The smallest absolute Gasteiger partial charge is 0.0916 e. The summed E-state index contributed by atoms with van der Waals surface area (Å²) in [6.07, 6.45) is 15.2. The number of rotatable bonds is 19. The highest BCUT2D eigenvalue weighted by Crippen LogP contribution is 2.38. The second kappa shape index (κ2) is 27.4. The maximum atomic E-state index is 4.42. The summed E-state index contributed by atoms with van der Waals surface area (Å²) >= 11 is 0. The molecule has 0 aromatic rings. The van der Waals surface area contributed by atoms with Gasteiger partial charge >= 0.3 is 0 Å². The predicted octanol–water partition coefficient (Wildman–Crippen LogP) is 12.4. The maximum absolute atomic E-state index is 4.42. The minimum absolute atomic E-state index is 0.210. The van der Waals surface area contributed by atoms with E-state index in [0.717, 1.165) is 42.4 Å². The van der Waals surface area contributed by atoms with Gasteiger partial charge in [0.1, 0.15) is 0 Å². The van der Waals surface area contributed by atoms with E-state index in [1.165, 1.54) is 50.5 Å². The molecular weight excluding hydrogens is 597 g/mol. The summed E-state index contributed by atoms with van der Waals surface area (Å²) < 4.78 is 0. The Morgan fingerprint density at radius 1 is 0.837 bits per heavy atom. The molecule has 286 valence electrons. The molecule has 49 heavy (non-hydrogen) atoms. The molecule has 1 saturated heterocycles. The van der Waals surface area contributed by atoms with Crippen LogP contribution in [0.25, 0.3) is 0 Å². The number of likely N-dealkylation sites (tertiary alicyclic amines) is 1. The van der Waals surface area contributed by atoms with E-state index in [4.69, 9.17) is 0 Å². The molecule has 4 heteroatoms. The second-order valence-corrected chi connectivity index (χ2v) is 15.2. The van der Waals surface area contributed by atoms with Crippen molar-refractivity contribution in [2.45, 2.75) is 172 Å². The van der Waals surface area contributed by atoms with Crippen molar-refractivity contribution in [2.24, 2.45) is 35.5 Å². The Labute approximate surface area is 308 Å². The SMILES string of the molecule is C=C(C)CC.C=C(NC(C)C(C)C)NC(CC)C1CCCC1.C=CC(=C)C(CC(C)CC)NC(=C)C1[C@@H](C)[C@@H](C(C)CC)CN1C=C.CC. The van der Waals surface area contributed by atoms with Crippen molar-refractivity contribution in [3.8, 4) is 0 Å². The van der Waals surface area contributed by atoms with E-state index in [1.54, 1.807) is 0 Å². The van der Waals surface area contributed by atoms with Crippen molar-refractivity contribution >= 4 is 0 Å². The lowest BCUT2D eigenvalue weighted by atomic mass is 9.81. The van der Waals surface area contributed by atoms with Gasteiger partial charge in [0.15, 0.2) is 0 Å². The van der Waals surface area contributed by atoms with Gasteiger partial charge in [-0.25, -0.2) is 0 Å². The molecule has 1 aliphatic heterocycles. The molecular formula is C45H86N4. The predicted molar refractivity (Wildman–Crippen MR) is 224 cm³/mol. The molecule has 6 unspecified atom stereocenters. The first-order valence-corrected chi connectivity index (χ1v) is 20.1. The molecule has 0 radical (unpaired) electrons. The van der Waals surface area contributed by atoms with Crippen LogP contribution in [0.4, 0.5) is 0 Å². The third-order valence-electron chi connectivity index (χ3n) is 11.1. The molecule has 2 fully saturated rings. The van der Waals surface area contributed by atoms with Crippen LogP contribution in [0.5, 0.6) is 0 Å². The number of nitrogens with zero attached hydrogens (tertiary/aromatic N) is 1. The maximum Gasteiger partial charge on any atom is 0.0916 e. The van der Waals surface area contributed by atoms with E-state index < -0.39 is 0 Å². The van der Waals surface area contributed by atoms with Gasteiger partial charge < -0.3 is 20.9 Å². The van der Waals surface area contributed by atoms with Crippen molar-refractivity contribution in [3.05, 3.63) is 74.4 Å². The average Bonchev–Trinajstić information content (AvgIpc) is 3.75. The van der Waals surface area contributed by atoms with E-state index in [9.17, 15) is 0 Å². The third kappa shape index (κ3) is 18.4. The molecule has 0 aromatic carbocycles. The van der Waals surface area contributed by atoms with Crippen molar-refractivity contribution in [1.82, 2.24) is 20.9 Å². The Hall–Kier alpha value is -2.36. The topological polar surface area (TPSA) is 39.3 Å². The zero-order valence-corrected chi connectivity index (χ0v) is 35.2. The largest absolute Gasteiger partial charge is 0.380 e. The standard InChI is InChI=1S/C23H40N2.C15H30N2.C5H10.C2H6/c1-10-16(5)14-22(18(7)12-3)24-20(9)23-19(8)21(17(6)11-2)15-25(23)13-4;1-6-15(14-9-7-8-10-14)17-13(5)16-12(4)11(2)3;1-4-5(2)3;1-2/h12-13,16-17,19,21-24H,3-4,7,9-11,14-15H2,1-2,5-6,8H3;11-12,14-17H,5-10H2,1-4H3;2,4H2,1,3H3;1-2H3/t16?,17?,19-,21+,22?,23?;;;/m0.../s1. The Morgan fingerprint density at radius 2 is 1.39 bits per heavy atom. The molecule has 0 aromatic heterocycles. The Morgan fingerprint density at radius 3 is 1.80 bits per heavy atom. The van der Waals surface area contributed by atoms with Crippen LogP contribution in [-0.4, -0.2) is 35.6 Å². The fourth-order valence-corrected chi connectivity index (χ4v) is 6.71. The van der Waals surface area contributed by atoms with Gasteiger partial charge in [0.25, 0.3) is 0 Å². The first kappa shape index (κ1) is 48.8. The van der Waals surface area contributed by atoms with E-state index in [1.807, 2.05) is 33.0 Å². The third-order valence-corrected chi connectivity index (χ3v) is 11.1. The van der Waals surface area contributed by atoms with Crippen LogP contribution in [0.2, 0.25) is 0 Å². The average molecular weight is 683 g/mol. The van der Waals surface area contributed by atoms with Gasteiger partial charge in [0.05, 0.1) is 17.9 Å². The van der Waals surface area contributed by atoms with Crippen molar-refractivity contribution < 1.29 is 0 Å². The molecule has 4 nitrogen and oxygen atoms in total. The van der Waals surface area contributed by atoms with Crippen LogP contribution >= 0.6 is 0 Å². The van der Waals surface area contributed by atoms with Gasteiger partial charge in [-0.15, -0.1) is 6.58 Å². The molecule has 8 atom stereocenters. The lowest BCUT2D eigenvalue weighted by molar-refractivity contribution is 0.291. The molecule has 1 aliphatic carbocycles. The Kier molecular flexibility index (Phi) is 27.2. The summed E-state index contributed by atoms with van der Waals surface area (Å²) in [5, 5.41) is 10.7. The van der Waals surface area contributed by atoms with Gasteiger partial charge in [-0.3, -0.25) is 0 Å². The number of hydrogen-bond donors (Lipinski definition) is 3. The van der Waals surface area contributed by atoms with Crippen molar-refractivity contribution in [2.75, 3.05) is 6.54 Å². The quantitative estimate of drug-likeness (QED) is 0.0936. The number of nitrogens with one attached hydrogen (secondary N) is 3. The Bertz CT molecular complexity index is 942. The zero-order valence-electron chi connectivity index (χ0n) is 35.2. The van der Waals surface area contributed by atoms with Crippen molar-refractivity contribution in [1.29, 1.82) is 0 Å². The summed E-state index contributed by atoms with van der Waals surface area (Å²) in [5.41, 5.74) is 3.40. The lowest BCUT2D eigenvalue weighted by Gasteiger charge is -2.32. The van der Waals surface area contributed by atoms with Gasteiger partial charge in [0, 0.05) is 24.3 Å². The highest BCUT2D eigenvalue weighted by Gasteiger charge is 2.41. The van der Waals surface area contributed by atoms with Crippen LogP contribution in [0.1, 0.15) is 148 Å². The van der Waals surface area contributed by atoms with Crippen LogP contribution in [0, 0.1) is 35.5 Å². The molecule has 0 amide bonds. The molecule has 0 spiro atoms. The fraction of sp³-hybridized carbons (Fsp3) is 0.733. The zero-order chi connectivity index (χ0) is 38.3. The normalized spacial score (nSPS) is 21.5. The Balaban J connectivity index is 0. The molecule has 0 bridgehead atoms. The highest BCUT2D eigenvalue weighted by molar-refractivity contribution is 5.23. The van der Waals surface area contributed by atoms with E-state index in [0.29, 0.717) is 47.7 Å². The number of hydrogen-bond acceptors (Lipinski definition) is 4. The van der Waals surface area contributed by atoms with E-state index in [-0.39, 0.29) is 6.04 Å². The van der Waals surface area contributed by atoms with Crippen LogP contribution in [-0.2, 0) is 0 Å². The number of allylic oxidation sites excluding steroid dienone is 1. The van der Waals surface area contributed by atoms with Crippen LogP contribution in [0.15, 0.2) is 74.4 Å². The summed E-state index contributed by atoms with van der Waals surface area (Å²) in [6, 6.07) is 1.60.